The number of hydrogen-bond acceptors (Lipinski definition) is 5. The normalized spacial score (nSPS) is 18.7. The summed E-state index contributed by atoms with van der Waals surface area (Å²) < 4.78 is 32.7. The molecule has 0 amide bonds. The van der Waals surface area contributed by atoms with Crippen molar-refractivity contribution in [1.82, 2.24) is 4.31 Å². The highest BCUT2D eigenvalue weighted by atomic mass is 35.5. The van der Waals surface area contributed by atoms with Crippen molar-refractivity contribution in [2.24, 2.45) is 5.92 Å². The van der Waals surface area contributed by atoms with Crippen LogP contribution in [0.5, 0.6) is 5.75 Å². The zero-order valence-electron chi connectivity index (χ0n) is 14.6. The van der Waals surface area contributed by atoms with Crippen LogP contribution in [0.1, 0.15) is 23.3 Å². The maximum atomic E-state index is 12.8. The number of thiophene rings is 1. The molecule has 5 nitrogen and oxygen atoms in total. The van der Waals surface area contributed by atoms with Gasteiger partial charge in [-0.15, -0.1) is 11.3 Å². The van der Waals surface area contributed by atoms with Crippen molar-refractivity contribution in [3.63, 3.8) is 0 Å². The predicted molar refractivity (Wildman–Crippen MR) is 102 cm³/mol. The molecule has 1 fully saturated rings. The van der Waals surface area contributed by atoms with Crippen LogP contribution in [0.2, 0.25) is 5.02 Å². The van der Waals surface area contributed by atoms with Crippen molar-refractivity contribution < 1.29 is 17.9 Å². The summed E-state index contributed by atoms with van der Waals surface area (Å²) in [5, 5.41) is 0.360. The monoisotopic (exact) mass is 413 g/mol. The van der Waals surface area contributed by atoms with Gasteiger partial charge in [0, 0.05) is 18.0 Å². The zero-order valence-corrected chi connectivity index (χ0v) is 17.0. The lowest BCUT2D eigenvalue weighted by Crippen LogP contribution is -2.43. The fraction of sp³-hybridized carbons (Fsp3) is 0.389. The van der Waals surface area contributed by atoms with Gasteiger partial charge < -0.3 is 4.74 Å². The fourth-order valence-electron chi connectivity index (χ4n) is 2.91. The second-order valence-corrected chi connectivity index (χ2v) is 10.3. The van der Waals surface area contributed by atoms with E-state index in [2.05, 4.69) is 0 Å². The van der Waals surface area contributed by atoms with Crippen molar-refractivity contribution in [3.8, 4) is 5.75 Å². The van der Waals surface area contributed by atoms with Crippen LogP contribution in [0, 0.1) is 19.8 Å². The summed E-state index contributed by atoms with van der Waals surface area (Å²) in [5.74, 6) is -0.638. The number of hydrogen-bond donors (Lipinski definition) is 0. The molecular weight excluding hydrogens is 394 g/mol. The highest BCUT2D eigenvalue weighted by Crippen LogP contribution is 2.30. The zero-order chi connectivity index (χ0) is 18.9. The first kappa shape index (κ1) is 19.4. The van der Waals surface area contributed by atoms with E-state index in [4.69, 9.17) is 16.3 Å². The molecule has 2 heterocycles. The Balaban J connectivity index is 1.74. The molecule has 26 heavy (non-hydrogen) atoms. The van der Waals surface area contributed by atoms with Gasteiger partial charge in [0.2, 0.25) is 0 Å². The number of carbonyl (C=O) groups excluding carboxylic acids is 1. The molecular formula is C18H20ClNO4S2. The van der Waals surface area contributed by atoms with E-state index in [1.807, 2.05) is 19.9 Å². The number of piperidine rings is 1. The molecule has 0 aliphatic carbocycles. The molecule has 1 saturated heterocycles. The van der Waals surface area contributed by atoms with Gasteiger partial charge in [0.1, 0.15) is 9.96 Å². The molecule has 1 atom stereocenters. The van der Waals surface area contributed by atoms with E-state index in [0.717, 1.165) is 10.4 Å². The Hall–Kier alpha value is -1.41. The van der Waals surface area contributed by atoms with E-state index < -0.39 is 21.9 Å². The SMILES string of the molecule is Cc1ccc(Cl)c(OC(=O)C2CCCN(S(=O)(=O)c3ccc(C)s3)C2)c1. The minimum atomic E-state index is -3.58. The van der Waals surface area contributed by atoms with Crippen LogP contribution in [-0.2, 0) is 14.8 Å². The number of carbonyl (C=O) groups is 1. The fourth-order valence-corrected chi connectivity index (χ4v) is 6.03. The summed E-state index contributed by atoms with van der Waals surface area (Å²) in [5.41, 5.74) is 0.929. The lowest BCUT2D eigenvalue weighted by Gasteiger charge is -2.30. The summed E-state index contributed by atoms with van der Waals surface area (Å²) in [6, 6.07) is 8.61. The molecule has 1 aliphatic rings. The lowest BCUT2D eigenvalue weighted by molar-refractivity contribution is -0.140. The number of rotatable bonds is 4. The second kappa shape index (κ2) is 7.68. The number of ether oxygens (including phenoxy) is 1. The topological polar surface area (TPSA) is 63.7 Å². The molecule has 1 unspecified atom stereocenters. The third kappa shape index (κ3) is 4.11. The van der Waals surface area contributed by atoms with E-state index in [0.29, 0.717) is 34.4 Å². The second-order valence-electron chi connectivity index (χ2n) is 6.42. The van der Waals surface area contributed by atoms with Gasteiger partial charge in [-0.3, -0.25) is 4.79 Å². The van der Waals surface area contributed by atoms with Gasteiger partial charge in [-0.05, 0) is 56.5 Å². The van der Waals surface area contributed by atoms with Crippen LogP contribution < -0.4 is 4.74 Å². The minimum Gasteiger partial charge on any atom is -0.425 e. The molecule has 3 rings (SSSR count). The van der Waals surface area contributed by atoms with Crippen molar-refractivity contribution in [2.75, 3.05) is 13.1 Å². The van der Waals surface area contributed by atoms with Crippen molar-refractivity contribution in [2.45, 2.75) is 30.9 Å². The van der Waals surface area contributed by atoms with Gasteiger partial charge >= 0.3 is 5.97 Å². The molecule has 0 bridgehead atoms. The van der Waals surface area contributed by atoms with Gasteiger partial charge in [0.15, 0.2) is 0 Å². The van der Waals surface area contributed by atoms with Crippen LogP contribution in [0.25, 0.3) is 0 Å². The third-order valence-electron chi connectivity index (χ3n) is 4.32. The molecule has 1 aromatic heterocycles. The minimum absolute atomic E-state index is 0.127. The number of halogens is 1. The number of aryl methyl sites for hydroxylation is 2. The first-order valence-corrected chi connectivity index (χ1v) is 11.0. The predicted octanol–water partition coefficient (Wildman–Crippen LogP) is 4.02. The molecule has 140 valence electrons. The number of benzene rings is 1. The Morgan fingerprint density at radius 2 is 2.04 bits per heavy atom. The summed E-state index contributed by atoms with van der Waals surface area (Å²) in [7, 11) is -3.58. The Kier molecular flexibility index (Phi) is 5.72. The molecule has 0 spiro atoms. The van der Waals surface area contributed by atoms with Crippen molar-refractivity contribution >= 4 is 38.9 Å². The van der Waals surface area contributed by atoms with E-state index >= 15 is 0 Å². The van der Waals surface area contributed by atoms with E-state index in [9.17, 15) is 13.2 Å². The summed E-state index contributed by atoms with van der Waals surface area (Å²) in [4.78, 5) is 13.5. The smallest absolute Gasteiger partial charge is 0.315 e. The van der Waals surface area contributed by atoms with E-state index in [1.165, 1.54) is 15.6 Å². The largest absolute Gasteiger partial charge is 0.425 e. The van der Waals surface area contributed by atoms with Gasteiger partial charge in [0.05, 0.1) is 10.9 Å². The Labute approximate surface area is 162 Å². The average molecular weight is 414 g/mol. The number of nitrogens with zero attached hydrogens (tertiary/aromatic N) is 1. The van der Waals surface area contributed by atoms with E-state index in [1.54, 1.807) is 24.3 Å². The van der Waals surface area contributed by atoms with Crippen LogP contribution in [0.3, 0.4) is 0 Å². The Morgan fingerprint density at radius 1 is 1.27 bits per heavy atom. The first-order valence-electron chi connectivity index (χ1n) is 8.32. The van der Waals surface area contributed by atoms with Crippen molar-refractivity contribution in [3.05, 3.63) is 45.8 Å². The average Bonchev–Trinajstić information content (AvgIpc) is 3.05. The molecule has 0 saturated carbocycles. The molecule has 1 aromatic carbocycles. The van der Waals surface area contributed by atoms with Crippen LogP contribution in [-0.4, -0.2) is 31.8 Å². The highest BCUT2D eigenvalue weighted by molar-refractivity contribution is 7.91. The first-order chi connectivity index (χ1) is 12.3. The van der Waals surface area contributed by atoms with Crippen LogP contribution in [0.4, 0.5) is 0 Å². The summed E-state index contributed by atoms with van der Waals surface area (Å²) in [6.07, 6.45) is 1.21. The maximum absolute atomic E-state index is 12.8. The summed E-state index contributed by atoms with van der Waals surface area (Å²) in [6.45, 7) is 4.28. The Morgan fingerprint density at radius 3 is 2.73 bits per heavy atom. The maximum Gasteiger partial charge on any atom is 0.315 e. The molecule has 0 radical (unpaired) electrons. The molecule has 8 heteroatoms. The molecule has 0 N–H and O–H groups in total. The van der Waals surface area contributed by atoms with Gasteiger partial charge in [-0.25, -0.2) is 8.42 Å². The lowest BCUT2D eigenvalue weighted by atomic mass is 10.00. The third-order valence-corrected chi connectivity index (χ3v) is 7.97. The standard InChI is InChI=1S/C18H20ClNO4S2/c1-12-5-7-15(19)16(10-12)24-18(21)14-4-3-9-20(11-14)26(22,23)17-8-6-13(2)25-17/h5-8,10,14H,3-4,9,11H2,1-2H3. The van der Waals surface area contributed by atoms with Gasteiger partial charge in [-0.1, -0.05) is 17.7 Å². The quantitative estimate of drug-likeness (QED) is 0.560. The number of esters is 1. The molecule has 1 aliphatic heterocycles. The van der Waals surface area contributed by atoms with Gasteiger partial charge in [0.25, 0.3) is 10.0 Å². The Bertz CT molecular complexity index is 923. The van der Waals surface area contributed by atoms with Crippen molar-refractivity contribution in [1.29, 1.82) is 0 Å². The number of sulfonamides is 1. The molecule has 2 aromatic rings. The van der Waals surface area contributed by atoms with Crippen LogP contribution in [0.15, 0.2) is 34.5 Å². The van der Waals surface area contributed by atoms with E-state index in [-0.39, 0.29) is 6.54 Å². The van der Waals surface area contributed by atoms with Gasteiger partial charge in [-0.2, -0.15) is 4.31 Å². The highest BCUT2D eigenvalue weighted by Gasteiger charge is 2.35. The summed E-state index contributed by atoms with van der Waals surface area (Å²) >= 11 is 7.32. The van der Waals surface area contributed by atoms with Crippen LogP contribution >= 0.6 is 22.9 Å².